The molecule has 1 amide bonds. The summed E-state index contributed by atoms with van der Waals surface area (Å²) in [5.74, 6) is 1.21. The van der Waals surface area contributed by atoms with Crippen LogP contribution in [-0.4, -0.2) is 73.0 Å². The Kier molecular flexibility index (Phi) is 8.31. The van der Waals surface area contributed by atoms with Gasteiger partial charge in [0.1, 0.15) is 5.75 Å². The Labute approximate surface area is 224 Å². The van der Waals surface area contributed by atoms with E-state index in [9.17, 15) is 13.2 Å². The van der Waals surface area contributed by atoms with E-state index in [1.165, 1.54) is 18.5 Å². The molecular weight excluding hydrogens is 506 g/mol. The summed E-state index contributed by atoms with van der Waals surface area (Å²) in [6.07, 6.45) is 1.13. The standard InChI is InChI=1S/C28H33N3O6S/c1-35-23-12-10-22(11-13-23)29-14-16-30(17-15-29)28(32)24-18-26(36-2)27(37-3)19-25(24)31(38(4,33)34)20-21-8-6-5-7-9-21/h5-13,18-19H,14-17,20H2,1-4H3. The van der Waals surface area contributed by atoms with Crippen molar-refractivity contribution in [3.63, 3.8) is 0 Å². The highest BCUT2D eigenvalue weighted by Gasteiger charge is 2.30. The largest absolute Gasteiger partial charge is 0.497 e. The van der Waals surface area contributed by atoms with Gasteiger partial charge in [-0.05, 0) is 35.9 Å². The fourth-order valence-electron chi connectivity index (χ4n) is 4.51. The van der Waals surface area contributed by atoms with E-state index in [1.54, 1.807) is 24.1 Å². The van der Waals surface area contributed by atoms with Gasteiger partial charge in [-0.3, -0.25) is 9.10 Å². The maximum absolute atomic E-state index is 13.9. The van der Waals surface area contributed by atoms with Gasteiger partial charge in [-0.1, -0.05) is 30.3 Å². The van der Waals surface area contributed by atoms with Gasteiger partial charge in [-0.2, -0.15) is 0 Å². The number of hydrogen-bond donors (Lipinski definition) is 0. The highest BCUT2D eigenvalue weighted by atomic mass is 32.2. The van der Waals surface area contributed by atoms with Crippen LogP contribution in [0.25, 0.3) is 0 Å². The molecule has 1 fully saturated rings. The SMILES string of the molecule is COc1ccc(N2CCN(C(=O)c3cc(OC)c(OC)cc3N(Cc3ccccc3)S(C)(=O)=O)CC2)cc1. The van der Waals surface area contributed by atoms with Crippen molar-refractivity contribution in [2.75, 3.05) is 63.0 Å². The molecule has 0 spiro atoms. The van der Waals surface area contributed by atoms with Crippen molar-refractivity contribution in [1.82, 2.24) is 4.90 Å². The number of benzene rings is 3. The molecule has 1 heterocycles. The van der Waals surface area contributed by atoms with Crippen LogP contribution in [0.1, 0.15) is 15.9 Å². The number of amides is 1. The number of hydrogen-bond acceptors (Lipinski definition) is 7. The van der Waals surface area contributed by atoms with Gasteiger partial charge in [-0.15, -0.1) is 0 Å². The van der Waals surface area contributed by atoms with E-state index < -0.39 is 10.0 Å². The zero-order chi connectivity index (χ0) is 27.3. The van der Waals surface area contributed by atoms with E-state index in [-0.39, 0.29) is 23.7 Å². The first-order chi connectivity index (χ1) is 18.2. The predicted molar refractivity (Wildman–Crippen MR) is 148 cm³/mol. The minimum absolute atomic E-state index is 0.0701. The number of nitrogens with zero attached hydrogens (tertiary/aromatic N) is 3. The smallest absolute Gasteiger partial charge is 0.256 e. The summed E-state index contributed by atoms with van der Waals surface area (Å²) >= 11 is 0. The molecule has 0 saturated carbocycles. The summed E-state index contributed by atoms with van der Waals surface area (Å²) in [7, 11) is 0.841. The third-order valence-electron chi connectivity index (χ3n) is 6.57. The third-order valence-corrected chi connectivity index (χ3v) is 7.70. The lowest BCUT2D eigenvalue weighted by Crippen LogP contribution is -2.49. The van der Waals surface area contributed by atoms with Crippen LogP contribution >= 0.6 is 0 Å². The fourth-order valence-corrected chi connectivity index (χ4v) is 5.40. The molecule has 0 aromatic heterocycles. The molecule has 1 aliphatic rings. The van der Waals surface area contributed by atoms with E-state index in [0.717, 1.165) is 23.3 Å². The number of rotatable bonds is 9. The molecule has 38 heavy (non-hydrogen) atoms. The Morgan fingerprint density at radius 3 is 2.00 bits per heavy atom. The van der Waals surface area contributed by atoms with Crippen molar-refractivity contribution in [2.24, 2.45) is 0 Å². The molecule has 10 heteroatoms. The number of anilines is 2. The van der Waals surface area contributed by atoms with E-state index in [1.807, 2.05) is 54.6 Å². The highest BCUT2D eigenvalue weighted by molar-refractivity contribution is 7.92. The van der Waals surface area contributed by atoms with Crippen LogP contribution in [0.2, 0.25) is 0 Å². The van der Waals surface area contributed by atoms with E-state index >= 15 is 0 Å². The molecule has 1 aliphatic heterocycles. The van der Waals surface area contributed by atoms with Crippen molar-refractivity contribution < 1.29 is 27.4 Å². The molecule has 1 saturated heterocycles. The first-order valence-corrected chi connectivity index (χ1v) is 14.1. The van der Waals surface area contributed by atoms with Crippen molar-refractivity contribution in [1.29, 1.82) is 0 Å². The molecule has 3 aromatic rings. The van der Waals surface area contributed by atoms with Gasteiger partial charge in [0, 0.05) is 37.9 Å². The molecular formula is C28H33N3O6S. The maximum atomic E-state index is 13.9. The van der Waals surface area contributed by atoms with Crippen molar-refractivity contribution in [3.8, 4) is 17.2 Å². The van der Waals surface area contributed by atoms with Gasteiger partial charge in [0.15, 0.2) is 11.5 Å². The summed E-state index contributed by atoms with van der Waals surface area (Å²) < 4.78 is 43.4. The van der Waals surface area contributed by atoms with Crippen LogP contribution in [0.15, 0.2) is 66.7 Å². The normalized spacial score (nSPS) is 13.7. The van der Waals surface area contributed by atoms with Gasteiger partial charge >= 0.3 is 0 Å². The second-order valence-corrected chi connectivity index (χ2v) is 10.9. The molecule has 202 valence electrons. The van der Waals surface area contributed by atoms with Crippen molar-refractivity contribution in [3.05, 3.63) is 77.9 Å². The molecule has 4 rings (SSSR count). The molecule has 0 unspecified atom stereocenters. The van der Waals surface area contributed by atoms with Gasteiger partial charge in [0.2, 0.25) is 10.0 Å². The van der Waals surface area contributed by atoms with Crippen LogP contribution in [0.4, 0.5) is 11.4 Å². The molecule has 0 aliphatic carbocycles. The quantitative estimate of drug-likeness (QED) is 0.410. The zero-order valence-electron chi connectivity index (χ0n) is 22.1. The average molecular weight is 540 g/mol. The van der Waals surface area contributed by atoms with Crippen molar-refractivity contribution in [2.45, 2.75) is 6.54 Å². The minimum atomic E-state index is -3.75. The fraction of sp³-hybridized carbons (Fsp3) is 0.321. The van der Waals surface area contributed by atoms with Crippen LogP contribution < -0.4 is 23.4 Å². The Hall–Kier alpha value is -3.92. The van der Waals surface area contributed by atoms with Gasteiger partial charge in [0.05, 0.1) is 45.4 Å². The summed E-state index contributed by atoms with van der Waals surface area (Å²) in [6, 6.07) is 20.2. The van der Waals surface area contributed by atoms with Crippen molar-refractivity contribution >= 4 is 27.3 Å². The number of carbonyl (C=O) groups excluding carboxylic acids is 1. The molecule has 9 nitrogen and oxygen atoms in total. The first-order valence-electron chi connectivity index (χ1n) is 12.2. The Bertz CT molecular complexity index is 1360. The Morgan fingerprint density at radius 1 is 0.842 bits per heavy atom. The van der Waals surface area contributed by atoms with Crippen LogP contribution in [0.3, 0.4) is 0 Å². The summed E-state index contributed by atoms with van der Waals surface area (Å²) in [5, 5.41) is 0. The number of piperazine rings is 1. The first kappa shape index (κ1) is 27.1. The second-order valence-electron chi connectivity index (χ2n) is 8.96. The number of carbonyl (C=O) groups is 1. The molecule has 0 bridgehead atoms. The third kappa shape index (κ3) is 5.96. The summed E-state index contributed by atoms with van der Waals surface area (Å²) in [5.41, 5.74) is 2.33. The van der Waals surface area contributed by atoms with E-state index in [4.69, 9.17) is 14.2 Å². The summed E-state index contributed by atoms with van der Waals surface area (Å²) in [6.45, 7) is 2.31. The number of methoxy groups -OCH3 is 3. The van der Waals surface area contributed by atoms with Crippen LogP contribution in [0, 0.1) is 0 Å². The molecule has 3 aromatic carbocycles. The lowest BCUT2D eigenvalue weighted by molar-refractivity contribution is 0.0747. The van der Waals surface area contributed by atoms with E-state index in [2.05, 4.69) is 4.90 Å². The molecule has 0 N–H and O–H groups in total. The zero-order valence-corrected chi connectivity index (χ0v) is 22.9. The number of ether oxygens (including phenoxy) is 3. The van der Waals surface area contributed by atoms with E-state index in [0.29, 0.717) is 37.7 Å². The van der Waals surface area contributed by atoms with Gasteiger partial charge in [0.25, 0.3) is 5.91 Å². The lowest BCUT2D eigenvalue weighted by Gasteiger charge is -2.37. The van der Waals surface area contributed by atoms with Gasteiger partial charge < -0.3 is 24.0 Å². The Balaban J connectivity index is 1.65. The Morgan fingerprint density at radius 2 is 1.45 bits per heavy atom. The molecule has 0 radical (unpaired) electrons. The monoisotopic (exact) mass is 539 g/mol. The maximum Gasteiger partial charge on any atom is 0.256 e. The minimum Gasteiger partial charge on any atom is -0.497 e. The summed E-state index contributed by atoms with van der Waals surface area (Å²) in [4.78, 5) is 17.8. The van der Waals surface area contributed by atoms with Crippen LogP contribution in [-0.2, 0) is 16.6 Å². The number of sulfonamides is 1. The lowest BCUT2D eigenvalue weighted by atomic mass is 10.1. The predicted octanol–water partition coefficient (Wildman–Crippen LogP) is 3.64. The van der Waals surface area contributed by atoms with Gasteiger partial charge in [-0.25, -0.2) is 8.42 Å². The molecule has 0 atom stereocenters. The second kappa shape index (κ2) is 11.6. The van der Waals surface area contributed by atoms with Crippen LogP contribution in [0.5, 0.6) is 17.2 Å². The topological polar surface area (TPSA) is 88.6 Å². The highest BCUT2D eigenvalue weighted by Crippen LogP contribution is 2.37. The average Bonchev–Trinajstić information content (AvgIpc) is 2.95.